The molecule has 6 heteroatoms. The van der Waals surface area contributed by atoms with Crippen LogP contribution in [-0.4, -0.2) is 35.6 Å². The van der Waals surface area contributed by atoms with Gasteiger partial charge in [0.05, 0.1) is 25.1 Å². The highest BCUT2D eigenvalue weighted by Crippen LogP contribution is 2.29. The lowest BCUT2D eigenvalue weighted by Crippen LogP contribution is -2.38. The normalized spacial score (nSPS) is 15.7. The first-order chi connectivity index (χ1) is 9.47. The van der Waals surface area contributed by atoms with E-state index in [1.807, 2.05) is 7.05 Å². The molecule has 1 aromatic heterocycles. The van der Waals surface area contributed by atoms with Crippen LogP contribution in [0.3, 0.4) is 0 Å². The highest BCUT2D eigenvalue weighted by atomic mass is 16.5. The van der Waals surface area contributed by atoms with Crippen LogP contribution in [-0.2, 0) is 11.8 Å². The Labute approximate surface area is 119 Å². The van der Waals surface area contributed by atoms with Crippen molar-refractivity contribution in [1.82, 2.24) is 15.1 Å². The van der Waals surface area contributed by atoms with Crippen molar-refractivity contribution in [2.45, 2.75) is 20.3 Å². The van der Waals surface area contributed by atoms with Crippen molar-refractivity contribution >= 4 is 11.7 Å². The lowest BCUT2D eigenvalue weighted by Gasteiger charge is -2.30. The fourth-order valence-electron chi connectivity index (χ4n) is 2.22. The third-order valence-corrected chi connectivity index (χ3v) is 3.49. The van der Waals surface area contributed by atoms with Gasteiger partial charge in [-0.1, -0.05) is 25.5 Å². The maximum absolute atomic E-state index is 11.8. The van der Waals surface area contributed by atoms with E-state index in [4.69, 9.17) is 4.74 Å². The number of nitrogens with zero attached hydrogens (tertiary/aromatic N) is 2. The van der Waals surface area contributed by atoms with Crippen molar-refractivity contribution in [2.24, 2.45) is 12.5 Å². The lowest BCUT2D eigenvalue weighted by molar-refractivity contribution is 0.145. The molecule has 20 heavy (non-hydrogen) atoms. The van der Waals surface area contributed by atoms with Crippen molar-refractivity contribution in [2.75, 3.05) is 25.1 Å². The first kappa shape index (κ1) is 14.6. The van der Waals surface area contributed by atoms with E-state index < -0.39 is 0 Å². The Morgan fingerprint density at radius 2 is 2.35 bits per heavy atom. The van der Waals surface area contributed by atoms with E-state index in [1.54, 1.807) is 17.1 Å². The molecule has 0 bridgehead atoms. The van der Waals surface area contributed by atoms with Crippen LogP contribution in [0.15, 0.2) is 24.0 Å². The largest absolute Gasteiger partial charge is 0.377 e. The van der Waals surface area contributed by atoms with Gasteiger partial charge < -0.3 is 15.4 Å². The second-order valence-corrected chi connectivity index (χ2v) is 5.65. The smallest absolute Gasteiger partial charge is 0.319 e. The highest BCUT2D eigenvalue weighted by molar-refractivity contribution is 5.88. The SMILES string of the molecule is Cn1cc(NC(=O)NCC(C)(C)C2=CCOCC2)cn1. The van der Waals surface area contributed by atoms with Crippen molar-refractivity contribution in [3.63, 3.8) is 0 Å². The van der Waals surface area contributed by atoms with Crippen LogP contribution in [0.25, 0.3) is 0 Å². The predicted octanol–water partition coefficient (Wildman–Crippen LogP) is 1.91. The Bertz CT molecular complexity index is 505. The Kier molecular flexibility index (Phi) is 4.44. The van der Waals surface area contributed by atoms with Crippen molar-refractivity contribution in [1.29, 1.82) is 0 Å². The zero-order valence-electron chi connectivity index (χ0n) is 12.3. The number of nitrogens with one attached hydrogen (secondary N) is 2. The fraction of sp³-hybridized carbons (Fsp3) is 0.571. The molecule has 0 aliphatic carbocycles. The molecule has 2 rings (SSSR count). The number of carbonyl (C=O) groups excluding carboxylic acids is 1. The second kappa shape index (κ2) is 6.09. The van der Waals surface area contributed by atoms with Gasteiger partial charge >= 0.3 is 6.03 Å². The molecule has 0 aromatic carbocycles. The summed E-state index contributed by atoms with van der Waals surface area (Å²) in [7, 11) is 1.81. The van der Waals surface area contributed by atoms with Gasteiger partial charge in [0.25, 0.3) is 0 Å². The molecule has 6 nitrogen and oxygen atoms in total. The minimum Gasteiger partial charge on any atom is -0.377 e. The summed E-state index contributed by atoms with van der Waals surface area (Å²) in [5, 5.41) is 9.67. The Balaban J connectivity index is 1.84. The molecule has 1 aromatic rings. The maximum atomic E-state index is 11.8. The van der Waals surface area contributed by atoms with Gasteiger partial charge in [0.2, 0.25) is 0 Å². The minimum atomic E-state index is -0.210. The Morgan fingerprint density at radius 1 is 1.55 bits per heavy atom. The van der Waals surface area contributed by atoms with Crippen LogP contribution in [0, 0.1) is 5.41 Å². The highest BCUT2D eigenvalue weighted by Gasteiger charge is 2.25. The van der Waals surface area contributed by atoms with E-state index in [1.165, 1.54) is 5.57 Å². The Hall–Kier alpha value is -1.82. The predicted molar refractivity (Wildman–Crippen MR) is 77.5 cm³/mol. The molecule has 0 atom stereocenters. The van der Waals surface area contributed by atoms with Crippen molar-refractivity contribution < 1.29 is 9.53 Å². The Morgan fingerprint density at radius 3 is 2.95 bits per heavy atom. The molecule has 0 spiro atoms. The molecule has 0 radical (unpaired) electrons. The molecule has 0 saturated heterocycles. The molecule has 0 saturated carbocycles. The molecular formula is C14H22N4O2. The van der Waals surface area contributed by atoms with Crippen molar-refractivity contribution in [3.05, 3.63) is 24.0 Å². The van der Waals surface area contributed by atoms with E-state index in [9.17, 15) is 4.79 Å². The number of ether oxygens (including phenoxy) is 1. The third-order valence-electron chi connectivity index (χ3n) is 3.49. The summed E-state index contributed by atoms with van der Waals surface area (Å²) in [6, 6.07) is -0.210. The molecule has 0 fully saturated rings. The molecule has 2 N–H and O–H groups in total. The molecular weight excluding hydrogens is 256 g/mol. The van der Waals surface area contributed by atoms with Crippen LogP contribution in [0.5, 0.6) is 0 Å². The monoisotopic (exact) mass is 278 g/mol. The molecule has 1 aliphatic heterocycles. The van der Waals surface area contributed by atoms with Crippen LogP contribution in [0.4, 0.5) is 10.5 Å². The molecule has 2 heterocycles. The van der Waals surface area contributed by atoms with E-state index in [-0.39, 0.29) is 11.4 Å². The molecule has 2 amide bonds. The number of aromatic nitrogens is 2. The van der Waals surface area contributed by atoms with Gasteiger partial charge in [0, 0.05) is 25.2 Å². The lowest BCUT2D eigenvalue weighted by atomic mass is 9.81. The molecule has 110 valence electrons. The van der Waals surface area contributed by atoms with Gasteiger partial charge in [-0.15, -0.1) is 0 Å². The summed E-state index contributed by atoms with van der Waals surface area (Å²) >= 11 is 0. The van der Waals surface area contributed by atoms with Gasteiger partial charge in [-0.25, -0.2) is 4.79 Å². The number of aryl methyl sites for hydroxylation is 1. The third kappa shape index (κ3) is 3.84. The fourth-order valence-corrected chi connectivity index (χ4v) is 2.22. The van der Waals surface area contributed by atoms with E-state index in [0.29, 0.717) is 18.8 Å². The van der Waals surface area contributed by atoms with Crippen LogP contribution in [0.2, 0.25) is 0 Å². The molecule has 0 unspecified atom stereocenters. The second-order valence-electron chi connectivity index (χ2n) is 5.65. The summed E-state index contributed by atoms with van der Waals surface area (Å²) < 4.78 is 6.96. The van der Waals surface area contributed by atoms with E-state index >= 15 is 0 Å². The van der Waals surface area contributed by atoms with Crippen molar-refractivity contribution in [3.8, 4) is 0 Å². The number of urea groups is 1. The number of rotatable bonds is 4. The van der Waals surface area contributed by atoms with Gasteiger partial charge in [0.1, 0.15) is 0 Å². The first-order valence-corrected chi connectivity index (χ1v) is 6.78. The minimum absolute atomic E-state index is 0.0595. The summed E-state index contributed by atoms with van der Waals surface area (Å²) in [6.45, 7) is 6.28. The summed E-state index contributed by atoms with van der Waals surface area (Å²) in [5.41, 5.74) is 1.97. The van der Waals surface area contributed by atoms with Gasteiger partial charge in [-0.2, -0.15) is 5.10 Å². The quantitative estimate of drug-likeness (QED) is 0.827. The number of hydrogen-bond acceptors (Lipinski definition) is 3. The van der Waals surface area contributed by atoms with Gasteiger partial charge in [-0.3, -0.25) is 4.68 Å². The maximum Gasteiger partial charge on any atom is 0.319 e. The topological polar surface area (TPSA) is 68.2 Å². The zero-order valence-corrected chi connectivity index (χ0v) is 12.3. The van der Waals surface area contributed by atoms with Crippen LogP contribution < -0.4 is 10.6 Å². The number of amides is 2. The zero-order chi connectivity index (χ0) is 14.6. The molecule has 1 aliphatic rings. The van der Waals surface area contributed by atoms with E-state index in [0.717, 1.165) is 13.0 Å². The number of carbonyl (C=O) groups is 1. The van der Waals surface area contributed by atoms with Crippen LogP contribution >= 0.6 is 0 Å². The van der Waals surface area contributed by atoms with Gasteiger partial charge in [-0.05, 0) is 6.42 Å². The van der Waals surface area contributed by atoms with Gasteiger partial charge in [0.15, 0.2) is 0 Å². The summed E-state index contributed by atoms with van der Waals surface area (Å²) in [5.74, 6) is 0. The average molecular weight is 278 g/mol. The standard InChI is InChI=1S/C14H22N4O2/c1-14(2,11-4-6-20-7-5-11)10-15-13(19)17-12-8-16-18(3)9-12/h4,8-9H,5-7,10H2,1-3H3,(H2,15,17,19). The average Bonchev–Trinajstić information content (AvgIpc) is 2.83. The first-order valence-electron chi connectivity index (χ1n) is 6.78. The number of anilines is 1. The summed E-state index contributed by atoms with van der Waals surface area (Å²) in [6.07, 6.45) is 6.42. The van der Waals surface area contributed by atoms with Crippen LogP contribution in [0.1, 0.15) is 20.3 Å². The number of hydrogen-bond donors (Lipinski definition) is 2. The van der Waals surface area contributed by atoms with E-state index in [2.05, 4.69) is 35.7 Å². The summed E-state index contributed by atoms with van der Waals surface area (Å²) in [4.78, 5) is 11.8.